The van der Waals surface area contributed by atoms with Gasteiger partial charge in [-0.3, -0.25) is 0 Å². The van der Waals surface area contributed by atoms with E-state index < -0.39 is 5.92 Å². The van der Waals surface area contributed by atoms with Crippen LogP contribution in [-0.2, 0) is 5.92 Å². The Morgan fingerprint density at radius 1 is 1.00 bits per heavy atom. The maximum atomic E-state index is 13.7. The Bertz CT molecular complexity index is 317. The van der Waals surface area contributed by atoms with Crippen LogP contribution in [0.3, 0.4) is 0 Å². The third-order valence-electron chi connectivity index (χ3n) is 2.78. The molecule has 1 nitrogen and oxygen atoms in total. The van der Waals surface area contributed by atoms with Crippen LogP contribution < -0.4 is 5.32 Å². The second-order valence-corrected chi connectivity index (χ2v) is 4.73. The molecule has 1 aromatic rings. The molecule has 0 radical (unpaired) electrons. The molecule has 0 heterocycles. The summed E-state index contributed by atoms with van der Waals surface area (Å²) in [6, 6.07) is 7.93. The number of nitrogens with one attached hydrogen (secondary N) is 1. The van der Waals surface area contributed by atoms with Crippen molar-refractivity contribution < 1.29 is 8.78 Å². The average Bonchev–Trinajstić information content (AvgIpc) is 2.39. The quantitative estimate of drug-likeness (QED) is 0.527. The van der Waals surface area contributed by atoms with E-state index >= 15 is 0 Å². The first kappa shape index (κ1) is 15.4. The van der Waals surface area contributed by atoms with Gasteiger partial charge in [0.25, 0.3) is 5.92 Å². The number of hydrogen-bond donors (Lipinski definition) is 1. The van der Waals surface area contributed by atoms with Crippen LogP contribution in [0.1, 0.15) is 31.2 Å². The van der Waals surface area contributed by atoms with E-state index in [0.29, 0.717) is 12.4 Å². The molecule has 18 heavy (non-hydrogen) atoms. The summed E-state index contributed by atoms with van der Waals surface area (Å²) in [6.07, 6.45) is 4.03. The fraction of sp³-hybridized carbons (Fsp3) is 0.571. The van der Waals surface area contributed by atoms with Crippen molar-refractivity contribution in [2.24, 2.45) is 0 Å². The summed E-state index contributed by atoms with van der Waals surface area (Å²) in [5, 5.41) is 2.82. The van der Waals surface area contributed by atoms with Crippen molar-refractivity contribution >= 4 is 11.6 Å². The van der Waals surface area contributed by atoms with Crippen molar-refractivity contribution in [2.45, 2.75) is 31.6 Å². The van der Waals surface area contributed by atoms with Crippen molar-refractivity contribution in [1.29, 1.82) is 0 Å². The van der Waals surface area contributed by atoms with Crippen LogP contribution in [0.5, 0.6) is 0 Å². The molecule has 0 aliphatic heterocycles. The molecule has 0 spiro atoms. The molecular formula is C14H20ClF2N. The molecule has 0 unspecified atom stereocenters. The van der Waals surface area contributed by atoms with Crippen LogP contribution in [-0.4, -0.2) is 19.0 Å². The van der Waals surface area contributed by atoms with Crippen LogP contribution >= 0.6 is 11.6 Å². The topological polar surface area (TPSA) is 12.0 Å². The number of halogens is 3. The molecule has 0 aromatic heterocycles. The lowest BCUT2D eigenvalue weighted by molar-refractivity contribution is -0.00301. The molecular weight excluding hydrogens is 256 g/mol. The van der Waals surface area contributed by atoms with Crippen molar-refractivity contribution in [3.05, 3.63) is 35.9 Å². The Morgan fingerprint density at radius 3 is 2.33 bits per heavy atom. The Balaban J connectivity index is 2.18. The van der Waals surface area contributed by atoms with Crippen LogP contribution in [0.4, 0.5) is 8.78 Å². The van der Waals surface area contributed by atoms with E-state index in [0.717, 1.165) is 25.7 Å². The molecule has 1 N–H and O–H groups in total. The summed E-state index contributed by atoms with van der Waals surface area (Å²) in [7, 11) is 0. The predicted molar refractivity (Wildman–Crippen MR) is 72.4 cm³/mol. The van der Waals surface area contributed by atoms with E-state index in [9.17, 15) is 8.78 Å². The molecule has 0 bridgehead atoms. The van der Waals surface area contributed by atoms with E-state index in [1.54, 1.807) is 18.2 Å². The van der Waals surface area contributed by atoms with Crippen molar-refractivity contribution in [3.63, 3.8) is 0 Å². The Hall–Kier alpha value is -0.670. The molecule has 1 rings (SSSR count). The minimum absolute atomic E-state index is 0.0691. The SMILES string of the molecule is FC(F)(CNCCCCCCCl)c1ccccc1. The van der Waals surface area contributed by atoms with E-state index in [1.165, 1.54) is 12.1 Å². The Labute approximate surface area is 113 Å². The van der Waals surface area contributed by atoms with Gasteiger partial charge in [0.2, 0.25) is 0 Å². The first-order chi connectivity index (χ1) is 8.67. The van der Waals surface area contributed by atoms with Crippen LogP contribution in [0.25, 0.3) is 0 Å². The third kappa shape index (κ3) is 5.78. The zero-order valence-corrected chi connectivity index (χ0v) is 11.2. The fourth-order valence-electron chi connectivity index (χ4n) is 1.73. The van der Waals surface area contributed by atoms with Crippen LogP contribution in [0.2, 0.25) is 0 Å². The smallest absolute Gasteiger partial charge is 0.285 e. The predicted octanol–water partition coefficient (Wildman–Crippen LogP) is 4.17. The lowest BCUT2D eigenvalue weighted by Crippen LogP contribution is -2.31. The highest BCUT2D eigenvalue weighted by atomic mass is 35.5. The van der Waals surface area contributed by atoms with Gasteiger partial charge in [-0.15, -0.1) is 11.6 Å². The number of hydrogen-bond acceptors (Lipinski definition) is 1. The molecule has 0 saturated carbocycles. The highest BCUT2D eigenvalue weighted by molar-refractivity contribution is 6.17. The maximum Gasteiger partial charge on any atom is 0.285 e. The van der Waals surface area contributed by atoms with Crippen molar-refractivity contribution in [3.8, 4) is 0 Å². The molecule has 1 aromatic carbocycles. The average molecular weight is 276 g/mol. The van der Waals surface area contributed by atoms with Gasteiger partial charge < -0.3 is 5.32 Å². The summed E-state index contributed by atoms with van der Waals surface area (Å²) in [6.45, 7) is 0.331. The summed E-state index contributed by atoms with van der Waals surface area (Å²) >= 11 is 5.55. The van der Waals surface area contributed by atoms with Gasteiger partial charge >= 0.3 is 0 Å². The normalized spacial score (nSPS) is 11.7. The number of rotatable bonds is 9. The summed E-state index contributed by atoms with van der Waals surface area (Å²) in [5.74, 6) is -2.11. The van der Waals surface area contributed by atoms with Gasteiger partial charge in [-0.1, -0.05) is 43.2 Å². The zero-order chi connectivity index (χ0) is 13.3. The summed E-state index contributed by atoms with van der Waals surface area (Å²) in [4.78, 5) is 0. The van der Waals surface area contributed by atoms with Gasteiger partial charge in [-0.25, -0.2) is 0 Å². The van der Waals surface area contributed by atoms with Crippen molar-refractivity contribution in [1.82, 2.24) is 5.32 Å². The lowest BCUT2D eigenvalue weighted by Gasteiger charge is -2.17. The number of unbranched alkanes of at least 4 members (excludes halogenated alkanes) is 3. The first-order valence-corrected chi connectivity index (χ1v) is 6.90. The minimum Gasteiger partial charge on any atom is -0.311 e. The molecule has 0 aliphatic carbocycles. The Kier molecular flexibility index (Phi) is 7.21. The minimum atomic E-state index is -2.79. The maximum absolute atomic E-state index is 13.7. The van der Waals surface area contributed by atoms with E-state index in [2.05, 4.69) is 5.32 Å². The molecule has 0 saturated heterocycles. The zero-order valence-electron chi connectivity index (χ0n) is 10.5. The highest BCUT2D eigenvalue weighted by Crippen LogP contribution is 2.26. The largest absolute Gasteiger partial charge is 0.311 e. The molecule has 0 amide bonds. The lowest BCUT2D eigenvalue weighted by atomic mass is 10.1. The van der Waals surface area contributed by atoms with Gasteiger partial charge in [0, 0.05) is 11.4 Å². The van der Waals surface area contributed by atoms with Crippen molar-refractivity contribution in [2.75, 3.05) is 19.0 Å². The van der Waals surface area contributed by atoms with Gasteiger partial charge in [-0.2, -0.15) is 8.78 Å². The van der Waals surface area contributed by atoms with Crippen LogP contribution in [0, 0.1) is 0 Å². The monoisotopic (exact) mass is 275 g/mol. The second-order valence-electron chi connectivity index (χ2n) is 4.35. The summed E-state index contributed by atoms with van der Waals surface area (Å²) < 4.78 is 27.4. The third-order valence-corrected chi connectivity index (χ3v) is 3.05. The molecule has 0 atom stereocenters. The fourth-order valence-corrected chi connectivity index (χ4v) is 1.92. The Morgan fingerprint density at radius 2 is 1.67 bits per heavy atom. The molecule has 102 valence electrons. The first-order valence-electron chi connectivity index (χ1n) is 6.37. The van der Waals surface area contributed by atoms with Crippen LogP contribution in [0.15, 0.2) is 30.3 Å². The van der Waals surface area contributed by atoms with Gasteiger partial charge in [0.15, 0.2) is 0 Å². The van der Waals surface area contributed by atoms with Gasteiger partial charge in [0.1, 0.15) is 0 Å². The molecule has 0 aliphatic rings. The van der Waals surface area contributed by atoms with E-state index in [4.69, 9.17) is 11.6 Å². The van der Waals surface area contributed by atoms with Gasteiger partial charge in [0.05, 0.1) is 6.54 Å². The summed E-state index contributed by atoms with van der Waals surface area (Å²) in [5.41, 5.74) is 0.0691. The number of alkyl halides is 3. The second kappa shape index (κ2) is 8.44. The number of benzene rings is 1. The van der Waals surface area contributed by atoms with E-state index in [1.807, 2.05) is 0 Å². The van der Waals surface area contributed by atoms with Gasteiger partial charge in [-0.05, 0) is 19.4 Å². The highest BCUT2D eigenvalue weighted by Gasteiger charge is 2.30. The molecule has 0 fully saturated rings. The molecule has 4 heteroatoms. The standard InChI is InChI=1S/C14H20ClF2N/c15-10-6-1-2-7-11-18-12-14(16,17)13-8-4-3-5-9-13/h3-5,8-9,18H,1-2,6-7,10-12H2. The van der Waals surface area contributed by atoms with E-state index in [-0.39, 0.29) is 12.1 Å².